The Bertz CT molecular complexity index is 707. The number of esters is 1. The molecule has 0 aliphatic carbocycles. The molecule has 2 aromatic rings. The Labute approximate surface area is 181 Å². The molecule has 0 radical (unpaired) electrons. The van der Waals surface area contributed by atoms with Crippen molar-refractivity contribution >= 4 is 5.97 Å². The van der Waals surface area contributed by atoms with Crippen LogP contribution in [-0.2, 0) is 16.1 Å². The van der Waals surface area contributed by atoms with Crippen molar-refractivity contribution in [2.75, 3.05) is 19.8 Å². The zero-order valence-electron chi connectivity index (χ0n) is 18.8. The van der Waals surface area contributed by atoms with Gasteiger partial charge in [-0.1, -0.05) is 0 Å². The SMILES string of the molecule is CCOC(=O)C(C)(C)CCCCOc1ccc(OCCCCCn2cccc2)cc1. The molecule has 1 aromatic carbocycles. The number of ether oxygens (including phenoxy) is 3. The maximum absolute atomic E-state index is 11.9. The predicted molar refractivity (Wildman–Crippen MR) is 120 cm³/mol. The maximum atomic E-state index is 11.9. The standard InChI is InChI=1S/C25H37NO4/c1-4-28-24(27)25(2,3)16-6-11-21-30-23-14-12-22(13-15-23)29-20-10-5-7-17-26-18-8-9-19-26/h8-9,12-15,18-19H,4-7,10-11,16-17,20-21H2,1-3H3. The van der Waals surface area contributed by atoms with Crippen molar-refractivity contribution in [2.24, 2.45) is 5.41 Å². The van der Waals surface area contributed by atoms with E-state index in [-0.39, 0.29) is 5.97 Å². The highest BCUT2D eigenvalue weighted by Crippen LogP contribution is 2.25. The van der Waals surface area contributed by atoms with Crippen LogP contribution in [0.4, 0.5) is 0 Å². The number of carbonyl (C=O) groups excluding carboxylic acids is 1. The highest BCUT2D eigenvalue weighted by molar-refractivity contribution is 5.75. The van der Waals surface area contributed by atoms with E-state index in [1.54, 1.807) is 0 Å². The van der Waals surface area contributed by atoms with Gasteiger partial charge in [-0.3, -0.25) is 4.79 Å². The van der Waals surface area contributed by atoms with Crippen molar-refractivity contribution in [1.29, 1.82) is 0 Å². The molecule has 0 unspecified atom stereocenters. The third-order valence-corrected chi connectivity index (χ3v) is 5.11. The molecule has 0 fully saturated rings. The number of benzene rings is 1. The van der Waals surface area contributed by atoms with Gasteiger partial charge in [-0.2, -0.15) is 0 Å². The summed E-state index contributed by atoms with van der Waals surface area (Å²) in [5.74, 6) is 1.60. The van der Waals surface area contributed by atoms with Crippen LogP contribution in [0.5, 0.6) is 11.5 Å². The predicted octanol–water partition coefficient (Wildman–Crippen LogP) is 5.88. The summed E-state index contributed by atoms with van der Waals surface area (Å²) >= 11 is 0. The van der Waals surface area contributed by atoms with Crippen molar-refractivity contribution in [3.63, 3.8) is 0 Å². The van der Waals surface area contributed by atoms with Gasteiger partial charge in [-0.05, 0) is 95.7 Å². The average molecular weight is 416 g/mol. The highest BCUT2D eigenvalue weighted by Gasteiger charge is 2.28. The van der Waals surface area contributed by atoms with Gasteiger partial charge >= 0.3 is 5.97 Å². The normalized spacial score (nSPS) is 11.3. The van der Waals surface area contributed by atoms with Crippen LogP contribution in [0.15, 0.2) is 48.8 Å². The molecule has 0 aliphatic heterocycles. The van der Waals surface area contributed by atoms with Crippen LogP contribution in [0.3, 0.4) is 0 Å². The minimum absolute atomic E-state index is 0.123. The fourth-order valence-electron chi connectivity index (χ4n) is 3.20. The summed E-state index contributed by atoms with van der Waals surface area (Å²) in [5.41, 5.74) is -0.433. The quantitative estimate of drug-likeness (QED) is 0.269. The van der Waals surface area contributed by atoms with Crippen LogP contribution in [-0.4, -0.2) is 30.4 Å². The number of nitrogens with zero attached hydrogens (tertiary/aromatic N) is 1. The first-order valence-corrected chi connectivity index (χ1v) is 11.1. The van der Waals surface area contributed by atoms with Crippen LogP contribution in [0.25, 0.3) is 0 Å². The third kappa shape index (κ3) is 8.93. The Kier molecular flexibility index (Phi) is 10.3. The molecule has 166 valence electrons. The lowest BCUT2D eigenvalue weighted by Crippen LogP contribution is -2.26. The van der Waals surface area contributed by atoms with Crippen molar-refractivity contribution in [2.45, 2.75) is 65.8 Å². The van der Waals surface area contributed by atoms with Crippen LogP contribution in [0.1, 0.15) is 59.3 Å². The first-order chi connectivity index (χ1) is 14.5. The summed E-state index contributed by atoms with van der Waals surface area (Å²) in [4.78, 5) is 11.9. The Morgan fingerprint density at radius 2 is 1.43 bits per heavy atom. The van der Waals surface area contributed by atoms with E-state index < -0.39 is 5.41 Å². The molecular formula is C25H37NO4. The Balaban J connectivity index is 1.53. The van der Waals surface area contributed by atoms with Crippen molar-refractivity contribution in [1.82, 2.24) is 4.57 Å². The van der Waals surface area contributed by atoms with Crippen molar-refractivity contribution in [3.05, 3.63) is 48.8 Å². The maximum Gasteiger partial charge on any atom is 0.311 e. The zero-order chi connectivity index (χ0) is 21.7. The molecule has 1 heterocycles. The van der Waals surface area contributed by atoms with Gasteiger partial charge in [0.1, 0.15) is 11.5 Å². The Hall–Kier alpha value is -2.43. The number of hydrogen-bond acceptors (Lipinski definition) is 4. The number of aryl methyl sites for hydroxylation is 1. The van der Waals surface area contributed by atoms with E-state index in [4.69, 9.17) is 14.2 Å². The molecular weight excluding hydrogens is 378 g/mol. The van der Waals surface area contributed by atoms with E-state index in [1.807, 2.05) is 45.0 Å². The number of carbonyl (C=O) groups is 1. The number of rotatable bonds is 15. The summed E-state index contributed by atoms with van der Waals surface area (Å²) in [6.45, 7) is 8.59. The second kappa shape index (κ2) is 13.0. The summed E-state index contributed by atoms with van der Waals surface area (Å²) in [6.07, 6.45) is 10.2. The van der Waals surface area contributed by atoms with E-state index in [0.29, 0.717) is 13.2 Å². The van der Waals surface area contributed by atoms with Crippen molar-refractivity contribution in [3.8, 4) is 11.5 Å². The van der Waals surface area contributed by atoms with Crippen LogP contribution < -0.4 is 9.47 Å². The second-order valence-electron chi connectivity index (χ2n) is 8.21. The average Bonchev–Trinajstić information content (AvgIpc) is 3.25. The highest BCUT2D eigenvalue weighted by atomic mass is 16.5. The molecule has 1 aromatic heterocycles. The first-order valence-electron chi connectivity index (χ1n) is 11.1. The number of hydrogen-bond donors (Lipinski definition) is 0. The molecule has 0 spiro atoms. The zero-order valence-corrected chi connectivity index (χ0v) is 18.8. The molecule has 5 nitrogen and oxygen atoms in total. The lowest BCUT2D eigenvalue weighted by molar-refractivity contribution is -0.153. The topological polar surface area (TPSA) is 49.7 Å². The van der Waals surface area contributed by atoms with Crippen LogP contribution in [0.2, 0.25) is 0 Å². The minimum atomic E-state index is -0.433. The van der Waals surface area contributed by atoms with Gasteiger partial charge in [0.2, 0.25) is 0 Å². The molecule has 0 bridgehead atoms. The van der Waals surface area contributed by atoms with Gasteiger partial charge in [-0.25, -0.2) is 0 Å². The first kappa shape index (κ1) is 23.8. The lowest BCUT2D eigenvalue weighted by Gasteiger charge is -2.21. The third-order valence-electron chi connectivity index (χ3n) is 5.11. The largest absolute Gasteiger partial charge is 0.494 e. The van der Waals surface area contributed by atoms with Gasteiger partial charge in [0, 0.05) is 18.9 Å². The summed E-state index contributed by atoms with van der Waals surface area (Å²) < 4.78 is 19.0. The van der Waals surface area contributed by atoms with Gasteiger partial charge in [0.05, 0.1) is 25.2 Å². The number of aromatic nitrogens is 1. The molecule has 0 amide bonds. The fraction of sp³-hybridized carbons (Fsp3) is 0.560. The molecule has 2 rings (SSSR count). The summed E-state index contributed by atoms with van der Waals surface area (Å²) in [7, 11) is 0. The Morgan fingerprint density at radius 1 is 0.867 bits per heavy atom. The summed E-state index contributed by atoms with van der Waals surface area (Å²) in [5, 5.41) is 0. The minimum Gasteiger partial charge on any atom is -0.494 e. The van der Waals surface area contributed by atoms with E-state index >= 15 is 0 Å². The molecule has 0 saturated carbocycles. The van der Waals surface area contributed by atoms with Crippen LogP contribution in [0, 0.1) is 5.41 Å². The van der Waals surface area contributed by atoms with Gasteiger partial charge in [-0.15, -0.1) is 0 Å². The molecule has 0 atom stereocenters. The van der Waals surface area contributed by atoms with E-state index in [0.717, 1.165) is 56.8 Å². The smallest absolute Gasteiger partial charge is 0.311 e. The van der Waals surface area contributed by atoms with Crippen molar-refractivity contribution < 1.29 is 19.0 Å². The fourth-order valence-corrected chi connectivity index (χ4v) is 3.20. The summed E-state index contributed by atoms with van der Waals surface area (Å²) in [6, 6.07) is 11.9. The molecule has 0 N–H and O–H groups in total. The van der Waals surface area contributed by atoms with Crippen LogP contribution >= 0.6 is 0 Å². The van der Waals surface area contributed by atoms with Gasteiger partial charge in [0.25, 0.3) is 0 Å². The molecule has 0 aliphatic rings. The van der Waals surface area contributed by atoms with Gasteiger partial charge < -0.3 is 18.8 Å². The molecule has 0 saturated heterocycles. The number of unbranched alkanes of at least 4 members (excludes halogenated alkanes) is 3. The lowest BCUT2D eigenvalue weighted by atomic mass is 9.87. The Morgan fingerprint density at radius 3 is 2.00 bits per heavy atom. The van der Waals surface area contributed by atoms with E-state index in [2.05, 4.69) is 29.1 Å². The molecule has 5 heteroatoms. The monoisotopic (exact) mass is 415 g/mol. The molecule has 30 heavy (non-hydrogen) atoms. The van der Waals surface area contributed by atoms with E-state index in [9.17, 15) is 4.79 Å². The van der Waals surface area contributed by atoms with E-state index in [1.165, 1.54) is 6.42 Å². The van der Waals surface area contributed by atoms with Gasteiger partial charge in [0.15, 0.2) is 0 Å². The second-order valence-corrected chi connectivity index (χ2v) is 8.21.